The quantitative estimate of drug-likeness (QED) is 0.568. The van der Waals surface area contributed by atoms with E-state index in [1.54, 1.807) is 6.07 Å². The lowest BCUT2D eigenvalue weighted by Crippen LogP contribution is -2.42. The van der Waals surface area contributed by atoms with Crippen molar-refractivity contribution >= 4 is 39.4 Å². The molecule has 1 fully saturated rings. The zero-order valence-corrected chi connectivity index (χ0v) is 19.6. The van der Waals surface area contributed by atoms with Crippen LogP contribution in [0.25, 0.3) is 11.1 Å². The summed E-state index contributed by atoms with van der Waals surface area (Å²) in [6, 6.07) is 6.23. The van der Waals surface area contributed by atoms with Gasteiger partial charge < -0.3 is 19.7 Å². The number of carbonyl (C=O) groups is 1. The largest absolute Gasteiger partial charge is 0.495 e. The number of ether oxygens (including phenoxy) is 2. The number of amides is 1. The molecule has 1 saturated heterocycles. The minimum absolute atomic E-state index is 0.255. The van der Waals surface area contributed by atoms with Crippen LogP contribution in [0.3, 0.4) is 0 Å². The number of nitrogens with zero attached hydrogens (tertiary/aromatic N) is 2. The van der Waals surface area contributed by atoms with Crippen LogP contribution in [-0.2, 0) is 4.74 Å². The maximum atomic E-state index is 14.0. The third-order valence-corrected chi connectivity index (χ3v) is 5.31. The molecule has 6 nitrogen and oxygen atoms in total. The number of hydrogen-bond donors (Lipinski definition) is 1. The van der Waals surface area contributed by atoms with Crippen molar-refractivity contribution in [1.82, 2.24) is 10.3 Å². The van der Waals surface area contributed by atoms with Crippen molar-refractivity contribution in [2.24, 2.45) is 0 Å². The molecule has 1 aromatic heterocycles. The van der Waals surface area contributed by atoms with E-state index in [0.29, 0.717) is 46.7 Å². The highest BCUT2D eigenvalue weighted by atomic mass is 79.9. The lowest BCUT2D eigenvalue weighted by molar-refractivity contribution is 0.101. The van der Waals surface area contributed by atoms with Crippen LogP contribution in [0.5, 0.6) is 5.75 Å². The van der Waals surface area contributed by atoms with Crippen molar-refractivity contribution in [2.75, 3.05) is 25.1 Å². The Balaban J connectivity index is 1.81. The summed E-state index contributed by atoms with van der Waals surface area (Å²) in [6.45, 7) is 6.83. The predicted molar refractivity (Wildman–Crippen MR) is 119 cm³/mol. The average molecular weight is 501 g/mol. The standard InChI is InChI=1S/C21H24BrClFN3O3/c1-21(2,3)26-20(28)30-14-5-6-27(11-14)18-8-12(7-17(23)25-18)15-9-13(24)10-16(22)19(15)29-4/h7-10,14H,5-6,11H2,1-4H3,(H,26,28)/t14-/m0/s1. The molecule has 1 amide bonds. The molecule has 1 N–H and O–H groups in total. The molecule has 162 valence electrons. The number of anilines is 1. The van der Waals surface area contributed by atoms with E-state index < -0.39 is 11.9 Å². The Morgan fingerprint density at radius 2 is 2.07 bits per heavy atom. The van der Waals surface area contributed by atoms with E-state index >= 15 is 0 Å². The molecule has 9 heteroatoms. The van der Waals surface area contributed by atoms with Gasteiger partial charge in [0, 0.05) is 24.1 Å². The molecule has 1 atom stereocenters. The van der Waals surface area contributed by atoms with Crippen LogP contribution in [0, 0.1) is 5.82 Å². The molecule has 0 aliphatic carbocycles. The van der Waals surface area contributed by atoms with Gasteiger partial charge in [-0.15, -0.1) is 0 Å². The zero-order chi connectivity index (χ0) is 22.1. The van der Waals surface area contributed by atoms with Gasteiger partial charge >= 0.3 is 6.09 Å². The van der Waals surface area contributed by atoms with Gasteiger partial charge in [-0.2, -0.15) is 0 Å². The number of benzene rings is 1. The summed E-state index contributed by atoms with van der Waals surface area (Å²) in [6.07, 6.45) is -0.0199. The van der Waals surface area contributed by atoms with E-state index in [1.807, 2.05) is 31.7 Å². The SMILES string of the molecule is COc1c(Br)cc(F)cc1-c1cc(Cl)nc(N2CC[C@H](OC(=O)NC(C)(C)C)C2)c1. The van der Waals surface area contributed by atoms with E-state index in [1.165, 1.54) is 19.2 Å². The molecule has 0 spiro atoms. The van der Waals surface area contributed by atoms with Crippen LogP contribution >= 0.6 is 27.5 Å². The number of carbonyl (C=O) groups excluding carboxylic acids is 1. The van der Waals surface area contributed by atoms with Gasteiger partial charge in [0.2, 0.25) is 0 Å². The van der Waals surface area contributed by atoms with Crippen LogP contribution in [0.2, 0.25) is 5.15 Å². The number of nitrogens with one attached hydrogen (secondary N) is 1. The van der Waals surface area contributed by atoms with E-state index in [9.17, 15) is 9.18 Å². The van der Waals surface area contributed by atoms with Crippen LogP contribution in [0.15, 0.2) is 28.7 Å². The van der Waals surface area contributed by atoms with Gasteiger partial charge in [0.1, 0.15) is 28.6 Å². The zero-order valence-electron chi connectivity index (χ0n) is 17.3. The summed E-state index contributed by atoms with van der Waals surface area (Å²) in [5.41, 5.74) is 0.875. The van der Waals surface area contributed by atoms with Crippen LogP contribution < -0.4 is 15.0 Å². The van der Waals surface area contributed by atoms with Crippen molar-refractivity contribution in [3.63, 3.8) is 0 Å². The van der Waals surface area contributed by atoms with Crippen molar-refractivity contribution < 1.29 is 18.7 Å². The third-order valence-electron chi connectivity index (χ3n) is 4.52. The number of rotatable bonds is 4. The smallest absolute Gasteiger partial charge is 0.407 e. The fourth-order valence-corrected chi connectivity index (χ4v) is 4.10. The topological polar surface area (TPSA) is 63.7 Å². The fourth-order valence-electron chi connectivity index (χ4n) is 3.30. The Bertz CT molecular complexity index is 952. The van der Waals surface area contributed by atoms with Gasteiger partial charge in [0.05, 0.1) is 18.1 Å². The molecule has 1 aliphatic rings. The van der Waals surface area contributed by atoms with E-state index in [2.05, 4.69) is 26.2 Å². The molecular weight excluding hydrogens is 477 g/mol. The number of pyridine rings is 1. The minimum atomic E-state index is -0.441. The lowest BCUT2D eigenvalue weighted by Gasteiger charge is -2.22. The molecule has 30 heavy (non-hydrogen) atoms. The number of halogens is 3. The first-order chi connectivity index (χ1) is 14.1. The van der Waals surface area contributed by atoms with Gasteiger partial charge in [0.15, 0.2) is 0 Å². The summed E-state index contributed by atoms with van der Waals surface area (Å²) < 4.78 is 25.5. The van der Waals surface area contributed by atoms with Crippen LogP contribution in [0.1, 0.15) is 27.2 Å². The lowest BCUT2D eigenvalue weighted by atomic mass is 10.1. The molecule has 0 unspecified atom stereocenters. The second-order valence-corrected chi connectivity index (χ2v) is 9.38. The average Bonchev–Trinajstić information content (AvgIpc) is 3.07. The Morgan fingerprint density at radius 1 is 1.33 bits per heavy atom. The maximum Gasteiger partial charge on any atom is 0.407 e. The van der Waals surface area contributed by atoms with Crippen molar-refractivity contribution in [2.45, 2.75) is 38.8 Å². The van der Waals surface area contributed by atoms with Crippen LogP contribution in [-0.4, -0.2) is 42.9 Å². The Morgan fingerprint density at radius 3 is 2.73 bits per heavy atom. The summed E-state index contributed by atoms with van der Waals surface area (Å²) in [7, 11) is 1.52. The van der Waals surface area contributed by atoms with Gasteiger partial charge in [-0.25, -0.2) is 14.2 Å². The number of methoxy groups -OCH3 is 1. The maximum absolute atomic E-state index is 14.0. The summed E-state index contributed by atoms with van der Waals surface area (Å²) in [5.74, 6) is 0.736. The molecule has 2 heterocycles. The minimum Gasteiger partial charge on any atom is -0.495 e. The van der Waals surface area contributed by atoms with Gasteiger partial charge in [-0.3, -0.25) is 0 Å². The highest BCUT2D eigenvalue weighted by molar-refractivity contribution is 9.10. The highest BCUT2D eigenvalue weighted by Crippen LogP contribution is 2.39. The van der Waals surface area contributed by atoms with E-state index in [-0.39, 0.29) is 16.8 Å². The Kier molecular flexibility index (Phi) is 6.77. The van der Waals surface area contributed by atoms with E-state index in [4.69, 9.17) is 21.1 Å². The first kappa shape index (κ1) is 22.6. The second-order valence-electron chi connectivity index (χ2n) is 8.14. The summed E-state index contributed by atoms with van der Waals surface area (Å²) in [4.78, 5) is 18.4. The molecule has 0 bridgehead atoms. The Hall–Kier alpha value is -2.06. The van der Waals surface area contributed by atoms with Crippen LogP contribution in [0.4, 0.5) is 15.0 Å². The molecular formula is C21H24BrClFN3O3. The molecule has 2 aromatic rings. The van der Waals surface area contributed by atoms with Crippen molar-refractivity contribution in [3.8, 4) is 16.9 Å². The van der Waals surface area contributed by atoms with Gasteiger partial charge in [-0.05, 0) is 66.5 Å². The van der Waals surface area contributed by atoms with Crippen molar-refractivity contribution in [3.05, 3.63) is 39.7 Å². The van der Waals surface area contributed by atoms with E-state index in [0.717, 1.165) is 0 Å². The molecule has 0 radical (unpaired) electrons. The normalized spacial score (nSPS) is 16.5. The Labute approximate surface area is 188 Å². The fraction of sp³-hybridized carbons (Fsp3) is 0.429. The van der Waals surface area contributed by atoms with Gasteiger partial charge in [-0.1, -0.05) is 11.6 Å². The van der Waals surface area contributed by atoms with Gasteiger partial charge in [0.25, 0.3) is 0 Å². The molecule has 1 aliphatic heterocycles. The number of aromatic nitrogens is 1. The third kappa shape index (κ3) is 5.55. The highest BCUT2D eigenvalue weighted by Gasteiger charge is 2.28. The number of alkyl carbamates (subject to hydrolysis) is 1. The predicted octanol–water partition coefficient (Wildman–Crippen LogP) is 5.42. The molecule has 3 rings (SSSR count). The second kappa shape index (κ2) is 8.98. The summed E-state index contributed by atoms with van der Waals surface area (Å²) in [5, 5.41) is 3.07. The van der Waals surface area contributed by atoms with Crippen molar-refractivity contribution in [1.29, 1.82) is 0 Å². The first-order valence-corrected chi connectivity index (χ1v) is 10.7. The molecule has 1 aromatic carbocycles. The monoisotopic (exact) mass is 499 g/mol. The summed E-state index contributed by atoms with van der Waals surface area (Å²) >= 11 is 9.60. The number of hydrogen-bond acceptors (Lipinski definition) is 5. The molecule has 0 saturated carbocycles. The first-order valence-electron chi connectivity index (χ1n) is 9.50.